The van der Waals surface area contributed by atoms with Crippen molar-refractivity contribution in [2.45, 2.75) is 12.1 Å². The van der Waals surface area contributed by atoms with Gasteiger partial charge in [0.1, 0.15) is 11.6 Å². The fraction of sp³-hybridized carbons (Fsp3) is 0.105. The Bertz CT molecular complexity index is 947. The van der Waals surface area contributed by atoms with Gasteiger partial charge in [0.2, 0.25) is 0 Å². The highest BCUT2D eigenvalue weighted by Crippen LogP contribution is 2.43. The Balaban J connectivity index is 1.87. The monoisotopic (exact) mass is 312 g/mol. The Morgan fingerprint density at radius 3 is 2.46 bits per heavy atom. The van der Waals surface area contributed by atoms with Gasteiger partial charge in [0.15, 0.2) is 0 Å². The van der Waals surface area contributed by atoms with Crippen molar-refractivity contribution in [3.63, 3.8) is 0 Å². The van der Waals surface area contributed by atoms with Gasteiger partial charge < -0.3 is 5.32 Å². The summed E-state index contributed by atoms with van der Waals surface area (Å²) in [5.41, 5.74) is 3.32. The van der Waals surface area contributed by atoms with E-state index in [1.54, 1.807) is 35.2 Å². The standard InChI is InChI=1S/C19H12N4O/c20-10-12-5-7-14(8-6-12)23-18-15-3-1-2-4-16(15)22-17(18)9-13(11-21)19(23)24/h1-9,17-18,22H. The second-order valence-electron chi connectivity index (χ2n) is 5.73. The van der Waals surface area contributed by atoms with Crippen LogP contribution in [0.5, 0.6) is 0 Å². The van der Waals surface area contributed by atoms with Gasteiger partial charge in [-0.1, -0.05) is 18.2 Å². The zero-order chi connectivity index (χ0) is 16.7. The maximum atomic E-state index is 12.8. The second kappa shape index (κ2) is 5.26. The Hall–Kier alpha value is -3.57. The summed E-state index contributed by atoms with van der Waals surface area (Å²) in [6.45, 7) is 0. The van der Waals surface area contributed by atoms with Gasteiger partial charge in [-0.05, 0) is 36.4 Å². The molecule has 114 valence electrons. The normalized spacial score (nSPS) is 21.0. The largest absolute Gasteiger partial charge is 0.376 e. The summed E-state index contributed by atoms with van der Waals surface area (Å²) in [6.07, 6.45) is 1.70. The van der Waals surface area contributed by atoms with Gasteiger partial charge in [0.25, 0.3) is 5.91 Å². The summed E-state index contributed by atoms with van der Waals surface area (Å²) in [7, 11) is 0. The van der Waals surface area contributed by atoms with E-state index in [1.165, 1.54) is 0 Å². The summed E-state index contributed by atoms with van der Waals surface area (Å²) < 4.78 is 0. The van der Waals surface area contributed by atoms with E-state index in [0.717, 1.165) is 11.3 Å². The van der Waals surface area contributed by atoms with Gasteiger partial charge in [0.05, 0.1) is 23.7 Å². The summed E-state index contributed by atoms with van der Waals surface area (Å²) >= 11 is 0. The van der Waals surface area contributed by atoms with Gasteiger partial charge in [-0.25, -0.2) is 0 Å². The number of anilines is 2. The number of hydrogen-bond acceptors (Lipinski definition) is 4. The van der Waals surface area contributed by atoms with Crippen LogP contribution in [-0.4, -0.2) is 11.9 Å². The molecule has 0 saturated heterocycles. The Morgan fingerprint density at radius 1 is 1.00 bits per heavy atom. The van der Waals surface area contributed by atoms with Crippen LogP contribution in [0.25, 0.3) is 0 Å². The smallest absolute Gasteiger partial charge is 0.269 e. The highest BCUT2D eigenvalue weighted by molar-refractivity contribution is 6.10. The fourth-order valence-electron chi connectivity index (χ4n) is 3.34. The number of rotatable bonds is 1. The van der Waals surface area contributed by atoms with Crippen molar-refractivity contribution in [1.82, 2.24) is 0 Å². The number of nitriles is 2. The third-order valence-electron chi connectivity index (χ3n) is 4.41. The molecule has 0 saturated carbocycles. The molecule has 1 N–H and O–H groups in total. The molecule has 2 atom stereocenters. The van der Waals surface area contributed by atoms with Gasteiger partial charge in [0, 0.05) is 16.9 Å². The lowest BCUT2D eigenvalue weighted by Crippen LogP contribution is -2.44. The van der Waals surface area contributed by atoms with Crippen molar-refractivity contribution >= 4 is 17.3 Å². The molecule has 2 aromatic rings. The molecule has 1 amide bonds. The topological polar surface area (TPSA) is 79.9 Å². The van der Waals surface area contributed by atoms with Crippen LogP contribution >= 0.6 is 0 Å². The minimum Gasteiger partial charge on any atom is -0.376 e. The summed E-state index contributed by atoms with van der Waals surface area (Å²) in [4.78, 5) is 14.4. The number of fused-ring (bicyclic) bond motifs is 3. The molecule has 0 bridgehead atoms. The minimum absolute atomic E-state index is 0.126. The lowest BCUT2D eigenvalue weighted by Gasteiger charge is -2.35. The van der Waals surface area contributed by atoms with Gasteiger partial charge in [-0.2, -0.15) is 10.5 Å². The average Bonchev–Trinajstić information content (AvgIpc) is 2.99. The van der Waals surface area contributed by atoms with Gasteiger partial charge in [-0.3, -0.25) is 9.69 Å². The number of para-hydroxylation sites is 1. The molecule has 2 aliphatic rings. The molecule has 2 unspecified atom stereocenters. The zero-order valence-electron chi connectivity index (χ0n) is 12.6. The molecule has 0 radical (unpaired) electrons. The number of benzene rings is 2. The number of amides is 1. The Labute approximate surface area is 139 Å². The van der Waals surface area contributed by atoms with Crippen molar-refractivity contribution in [2.24, 2.45) is 0 Å². The lowest BCUT2D eigenvalue weighted by molar-refractivity contribution is -0.115. The highest BCUT2D eigenvalue weighted by atomic mass is 16.2. The van der Waals surface area contributed by atoms with E-state index in [1.807, 2.05) is 30.3 Å². The van der Waals surface area contributed by atoms with Crippen molar-refractivity contribution < 1.29 is 4.79 Å². The van der Waals surface area contributed by atoms with Crippen LogP contribution in [0.3, 0.4) is 0 Å². The first-order valence-electron chi connectivity index (χ1n) is 7.54. The molecule has 0 spiro atoms. The van der Waals surface area contributed by atoms with Crippen LogP contribution in [0.2, 0.25) is 0 Å². The van der Waals surface area contributed by atoms with Gasteiger partial charge in [-0.15, -0.1) is 0 Å². The van der Waals surface area contributed by atoms with Gasteiger partial charge >= 0.3 is 0 Å². The Kier molecular flexibility index (Phi) is 3.08. The molecule has 24 heavy (non-hydrogen) atoms. The number of nitrogens with zero attached hydrogens (tertiary/aromatic N) is 3. The molecule has 0 aliphatic carbocycles. The number of carbonyl (C=O) groups is 1. The van der Waals surface area contributed by atoms with Crippen LogP contribution < -0.4 is 10.2 Å². The van der Waals surface area contributed by atoms with E-state index >= 15 is 0 Å². The lowest BCUT2D eigenvalue weighted by atomic mass is 9.94. The van der Waals surface area contributed by atoms with Crippen molar-refractivity contribution in [3.05, 3.63) is 71.3 Å². The molecular weight excluding hydrogens is 300 g/mol. The fourth-order valence-corrected chi connectivity index (χ4v) is 3.34. The minimum atomic E-state index is -0.318. The first kappa shape index (κ1) is 14.0. The molecule has 0 aromatic heterocycles. The van der Waals surface area contributed by atoms with E-state index < -0.39 is 0 Å². The summed E-state index contributed by atoms with van der Waals surface area (Å²) in [6, 6.07) is 18.4. The summed E-state index contributed by atoms with van der Waals surface area (Å²) in [5, 5.41) is 21.6. The Morgan fingerprint density at radius 2 is 1.75 bits per heavy atom. The molecule has 2 aliphatic heterocycles. The van der Waals surface area contributed by atoms with Crippen LogP contribution in [0.4, 0.5) is 11.4 Å². The van der Waals surface area contributed by atoms with Crippen molar-refractivity contribution in [3.8, 4) is 12.1 Å². The SMILES string of the molecule is N#CC1=CC2Nc3ccccc3C2N(c2ccc(C#N)cc2)C1=O. The van der Waals surface area contributed by atoms with E-state index in [9.17, 15) is 10.1 Å². The van der Waals surface area contributed by atoms with Crippen LogP contribution in [0.15, 0.2) is 60.2 Å². The third-order valence-corrected chi connectivity index (χ3v) is 4.41. The molecule has 5 nitrogen and oxygen atoms in total. The number of nitrogens with one attached hydrogen (secondary N) is 1. The zero-order valence-corrected chi connectivity index (χ0v) is 12.6. The maximum Gasteiger partial charge on any atom is 0.269 e. The maximum absolute atomic E-state index is 12.8. The predicted molar refractivity (Wildman–Crippen MR) is 88.9 cm³/mol. The molecule has 5 heteroatoms. The molecule has 2 heterocycles. The van der Waals surface area contributed by atoms with Crippen LogP contribution in [0.1, 0.15) is 17.2 Å². The first-order chi connectivity index (χ1) is 11.7. The van der Waals surface area contributed by atoms with Crippen molar-refractivity contribution in [1.29, 1.82) is 10.5 Å². The van der Waals surface area contributed by atoms with E-state index in [-0.39, 0.29) is 23.6 Å². The average molecular weight is 312 g/mol. The van der Waals surface area contributed by atoms with E-state index in [4.69, 9.17) is 5.26 Å². The molecule has 2 aromatic carbocycles. The third kappa shape index (κ3) is 1.96. The number of hydrogen-bond donors (Lipinski definition) is 1. The van der Waals surface area contributed by atoms with Crippen LogP contribution in [0, 0.1) is 22.7 Å². The van der Waals surface area contributed by atoms with Crippen molar-refractivity contribution in [2.75, 3.05) is 10.2 Å². The predicted octanol–water partition coefficient (Wildman–Crippen LogP) is 2.89. The quantitative estimate of drug-likeness (QED) is 0.878. The summed E-state index contributed by atoms with van der Waals surface area (Å²) in [5.74, 6) is -0.318. The molecule has 4 rings (SSSR count). The molecular formula is C19H12N4O. The van der Waals surface area contributed by atoms with Crippen LogP contribution in [-0.2, 0) is 4.79 Å². The first-order valence-corrected chi connectivity index (χ1v) is 7.54. The van der Waals surface area contributed by atoms with E-state index in [0.29, 0.717) is 11.3 Å². The highest BCUT2D eigenvalue weighted by Gasteiger charge is 2.43. The number of carbonyl (C=O) groups excluding carboxylic acids is 1. The van der Waals surface area contributed by atoms with E-state index in [2.05, 4.69) is 11.4 Å². The molecule has 0 fully saturated rings. The second-order valence-corrected chi connectivity index (χ2v) is 5.73.